The third-order valence-corrected chi connectivity index (χ3v) is 5.75. The Kier molecular flexibility index (Phi) is 9.59. The normalized spacial score (nSPS) is 19.6. The molecular weight excluding hydrogens is 537 g/mol. The number of rotatable bonds is 7. The summed E-state index contributed by atoms with van der Waals surface area (Å²) in [6, 6.07) is 5.01. The summed E-state index contributed by atoms with van der Waals surface area (Å²) < 4.78 is 104. The molecule has 0 spiro atoms. The van der Waals surface area contributed by atoms with Crippen LogP contribution in [0, 0.1) is 5.82 Å². The first kappa shape index (κ1) is 29.9. The van der Waals surface area contributed by atoms with Crippen LogP contribution >= 0.6 is 0 Å². The van der Waals surface area contributed by atoms with E-state index in [4.69, 9.17) is 9.84 Å². The van der Waals surface area contributed by atoms with Crippen LogP contribution in [0.3, 0.4) is 0 Å². The van der Waals surface area contributed by atoms with Crippen molar-refractivity contribution in [1.82, 2.24) is 5.32 Å². The molecule has 2 N–H and O–H groups in total. The molecule has 2 unspecified atom stereocenters. The van der Waals surface area contributed by atoms with Gasteiger partial charge in [-0.3, -0.25) is 9.59 Å². The van der Waals surface area contributed by atoms with Crippen LogP contribution in [0.1, 0.15) is 34.8 Å². The molecule has 0 saturated carbocycles. The van der Waals surface area contributed by atoms with Crippen LogP contribution in [-0.4, -0.2) is 61.7 Å². The average molecular weight is 562 g/mol. The lowest BCUT2D eigenvalue weighted by Gasteiger charge is -2.32. The molecule has 0 aromatic heterocycles. The summed E-state index contributed by atoms with van der Waals surface area (Å²) in [5.41, 5.74) is -3.58. The van der Waals surface area contributed by atoms with Crippen molar-refractivity contribution in [3.63, 3.8) is 0 Å². The number of benzene rings is 2. The lowest BCUT2D eigenvalue weighted by atomic mass is 9.91. The molecule has 1 aliphatic rings. The summed E-state index contributed by atoms with van der Waals surface area (Å²) in [7, 11) is 0. The predicted octanol–water partition coefficient (Wildman–Crippen LogP) is 4.80. The second kappa shape index (κ2) is 12.5. The van der Waals surface area contributed by atoms with E-state index in [1.807, 2.05) is 0 Å². The minimum atomic E-state index is -5.05. The number of halogens is 7. The fourth-order valence-corrected chi connectivity index (χ4v) is 3.97. The fraction of sp³-hybridized carbons (Fsp3) is 0.385. The molecule has 39 heavy (non-hydrogen) atoms. The van der Waals surface area contributed by atoms with Crippen molar-refractivity contribution in [1.29, 1.82) is 0 Å². The molecule has 0 saturated heterocycles. The number of hydrogen-bond donors (Lipinski definition) is 2. The number of amides is 2. The maximum atomic E-state index is 15.1. The van der Waals surface area contributed by atoms with E-state index < -0.39 is 90.8 Å². The molecular formula is C26H25F7N2O4. The van der Waals surface area contributed by atoms with Gasteiger partial charge in [0.25, 0.3) is 5.91 Å². The first-order valence-electron chi connectivity index (χ1n) is 11.8. The van der Waals surface area contributed by atoms with Gasteiger partial charge in [-0.25, -0.2) is 17.6 Å². The second-order valence-electron chi connectivity index (χ2n) is 8.74. The highest BCUT2D eigenvalue weighted by Crippen LogP contribution is 2.39. The zero-order valence-corrected chi connectivity index (χ0v) is 20.6. The summed E-state index contributed by atoms with van der Waals surface area (Å²) in [5, 5.41) is 11.1. The van der Waals surface area contributed by atoms with Gasteiger partial charge >= 0.3 is 6.18 Å². The zero-order chi connectivity index (χ0) is 28.9. The first-order valence-corrected chi connectivity index (χ1v) is 11.8. The van der Waals surface area contributed by atoms with E-state index in [1.54, 1.807) is 0 Å². The molecule has 2 aromatic rings. The minimum Gasteiger partial charge on any atom is -0.491 e. The Morgan fingerprint density at radius 1 is 1.21 bits per heavy atom. The van der Waals surface area contributed by atoms with Gasteiger partial charge in [-0.2, -0.15) is 13.2 Å². The van der Waals surface area contributed by atoms with Crippen LogP contribution in [0.15, 0.2) is 42.5 Å². The molecule has 6 nitrogen and oxygen atoms in total. The van der Waals surface area contributed by atoms with E-state index >= 15 is 4.39 Å². The molecule has 0 fully saturated rings. The number of allylic oxidation sites excluding steroid dienone is 1. The zero-order valence-electron chi connectivity index (χ0n) is 20.6. The van der Waals surface area contributed by atoms with Gasteiger partial charge < -0.3 is 20.1 Å². The Bertz CT molecular complexity index is 1230. The number of aliphatic hydroxyl groups is 1. The van der Waals surface area contributed by atoms with Gasteiger partial charge in [0, 0.05) is 30.3 Å². The highest BCUT2D eigenvalue weighted by Gasteiger charge is 2.39. The van der Waals surface area contributed by atoms with Crippen LogP contribution in [0.5, 0.6) is 5.75 Å². The van der Waals surface area contributed by atoms with Crippen LogP contribution < -0.4 is 15.0 Å². The maximum absolute atomic E-state index is 15.1. The Labute approximate surface area is 219 Å². The number of hydrogen-bond acceptors (Lipinski definition) is 4. The van der Waals surface area contributed by atoms with Crippen LogP contribution in [0.4, 0.5) is 36.4 Å². The second-order valence-corrected chi connectivity index (χ2v) is 8.74. The van der Waals surface area contributed by atoms with E-state index in [-0.39, 0.29) is 18.0 Å². The number of anilines is 1. The van der Waals surface area contributed by atoms with Crippen LogP contribution in [0.2, 0.25) is 0 Å². The Morgan fingerprint density at radius 2 is 1.92 bits per heavy atom. The van der Waals surface area contributed by atoms with Crippen molar-refractivity contribution in [3.8, 4) is 5.75 Å². The third-order valence-electron chi connectivity index (χ3n) is 5.75. The van der Waals surface area contributed by atoms with E-state index in [2.05, 4.69) is 5.32 Å². The summed E-state index contributed by atoms with van der Waals surface area (Å²) in [4.78, 5) is 26.5. The van der Waals surface area contributed by atoms with Gasteiger partial charge in [-0.15, -0.1) is 0 Å². The molecule has 1 heterocycles. The van der Waals surface area contributed by atoms with E-state index in [0.717, 1.165) is 42.2 Å². The number of nitrogens with zero attached hydrogens (tertiary/aromatic N) is 1. The van der Waals surface area contributed by atoms with Gasteiger partial charge in [-0.05, 0) is 49.7 Å². The summed E-state index contributed by atoms with van der Waals surface area (Å²) in [6.07, 6.45) is -11.3. The monoisotopic (exact) mass is 562 g/mol. The van der Waals surface area contributed by atoms with E-state index in [0.29, 0.717) is 12.1 Å². The lowest BCUT2D eigenvalue weighted by Crippen LogP contribution is -2.38. The molecule has 0 bridgehead atoms. The highest BCUT2D eigenvalue weighted by atomic mass is 19.4. The number of fused-ring (bicyclic) bond motifs is 1. The number of ether oxygens (including phenoxy) is 1. The summed E-state index contributed by atoms with van der Waals surface area (Å²) >= 11 is 0. The molecule has 2 amide bonds. The number of alkyl halides is 6. The summed E-state index contributed by atoms with van der Waals surface area (Å²) in [6.45, 7) is -0.629. The number of nitrogens with one attached hydrogen (secondary N) is 1. The van der Waals surface area contributed by atoms with Crippen molar-refractivity contribution in [2.75, 3.05) is 31.2 Å². The largest absolute Gasteiger partial charge is 0.491 e. The van der Waals surface area contributed by atoms with Crippen molar-refractivity contribution < 1.29 is 50.2 Å². The van der Waals surface area contributed by atoms with Gasteiger partial charge in [0.1, 0.15) is 30.5 Å². The van der Waals surface area contributed by atoms with E-state index in [1.165, 1.54) is 0 Å². The highest BCUT2D eigenvalue weighted by molar-refractivity contribution is 6.09. The Morgan fingerprint density at radius 3 is 2.56 bits per heavy atom. The van der Waals surface area contributed by atoms with Crippen molar-refractivity contribution >= 4 is 23.1 Å². The van der Waals surface area contributed by atoms with Gasteiger partial charge in [-0.1, -0.05) is 0 Å². The average Bonchev–Trinajstić information content (AvgIpc) is 2.88. The molecule has 1 aliphatic heterocycles. The molecule has 2 aromatic carbocycles. The maximum Gasteiger partial charge on any atom is 0.417 e. The quantitative estimate of drug-likeness (QED) is 0.376. The lowest BCUT2D eigenvalue weighted by molar-refractivity contribution is -0.138. The number of aliphatic hydroxyl groups excluding tert-OH is 1. The Hall–Kier alpha value is -3.61. The standard InChI is InChI=1S/C26H25F7N2O4/c1-14(27)13-39-16-3-4-17(20(11-16)26(31,32)33)25(38)35-8-6-21(29)24(30)19(12-23(37)34-7-9-36)18-10-15(28)2-5-22(18)35/h2-5,10-12,14,21,24,36H,6-9,13H2,1H3,(H,34,37)/b19-12-/t14-,21?,24?/m1/s1. The molecule has 0 aliphatic carbocycles. The summed E-state index contributed by atoms with van der Waals surface area (Å²) in [5.74, 6) is -3.48. The molecule has 3 rings (SSSR count). The fourth-order valence-electron chi connectivity index (χ4n) is 3.97. The minimum absolute atomic E-state index is 0.219. The van der Waals surface area contributed by atoms with Crippen molar-refractivity contribution in [2.24, 2.45) is 0 Å². The van der Waals surface area contributed by atoms with Crippen molar-refractivity contribution in [2.45, 2.75) is 38.0 Å². The van der Waals surface area contributed by atoms with Crippen LogP contribution in [-0.2, 0) is 11.0 Å². The van der Waals surface area contributed by atoms with Crippen LogP contribution in [0.25, 0.3) is 5.57 Å². The molecule has 3 atom stereocenters. The Balaban J connectivity index is 2.14. The van der Waals surface area contributed by atoms with Gasteiger partial charge in [0.05, 0.1) is 23.4 Å². The predicted molar refractivity (Wildman–Crippen MR) is 128 cm³/mol. The topological polar surface area (TPSA) is 78.9 Å². The SMILES string of the molecule is C[C@@H](F)COc1ccc(C(=O)N2CCC(F)C(F)/C(=C\C(=O)NCCO)c3cc(F)ccc32)c(C(F)(F)F)c1. The first-order chi connectivity index (χ1) is 18.3. The molecule has 0 radical (unpaired) electrons. The molecule has 13 heteroatoms. The molecule has 212 valence electrons. The van der Waals surface area contributed by atoms with Gasteiger partial charge in [0.15, 0.2) is 6.17 Å². The number of carbonyl (C=O) groups is 2. The van der Waals surface area contributed by atoms with Gasteiger partial charge in [0.2, 0.25) is 5.91 Å². The number of carbonyl (C=O) groups excluding carboxylic acids is 2. The third kappa shape index (κ3) is 7.28. The van der Waals surface area contributed by atoms with E-state index in [9.17, 15) is 35.9 Å². The van der Waals surface area contributed by atoms with Crippen molar-refractivity contribution in [3.05, 3.63) is 65.0 Å². The smallest absolute Gasteiger partial charge is 0.417 e.